The minimum atomic E-state index is -4.66. The smallest absolute Gasteiger partial charge is 0.457 e. The van der Waals surface area contributed by atoms with Gasteiger partial charge in [0.1, 0.15) is 6.10 Å². The molecule has 0 aliphatic heterocycles. The Labute approximate surface area is 450 Å². The summed E-state index contributed by atoms with van der Waals surface area (Å²) in [5, 5.41) is 0. The second kappa shape index (κ2) is 61.4. The van der Waals surface area contributed by atoms with Crippen molar-refractivity contribution in [2.24, 2.45) is 0 Å². The fraction of sp³-hybridized carbons (Fsp3) is 0.984. The van der Waals surface area contributed by atoms with Gasteiger partial charge in [-0.05, 0) is 12.8 Å². The van der Waals surface area contributed by atoms with Crippen LogP contribution < -0.4 is 0 Å². The maximum absolute atomic E-state index is 12.6. The molecule has 0 aromatic carbocycles. The molecule has 1 atom stereocenters. The van der Waals surface area contributed by atoms with E-state index in [0.717, 1.165) is 32.1 Å². The standard InChI is InChI=1S/C64H129O7P/c1-3-5-7-9-11-13-15-17-19-21-23-25-26-27-28-29-30-31-32-33-34-35-36-37-38-39-40-41-43-45-47-49-51-53-55-57-59-64(65)71-63(62-70-72(66,67)68)61-69-60-58-56-54-52-50-48-46-44-42-24-22-20-18-16-14-12-10-8-6-4-2/h63H,3-62H2,1-2H3,(H2,66,67,68)/t63-/m1/s1. The molecule has 0 heterocycles. The third-order valence-corrected chi connectivity index (χ3v) is 15.9. The predicted octanol–water partition coefficient (Wildman–Crippen LogP) is 22.3. The molecule has 0 aromatic heterocycles. The Morgan fingerprint density at radius 3 is 0.750 bits per heavy atom. The average Bonchev–Trinajstić information content (AvgIpc) is 3.36. The van der Waals surface area contributed by atoms with Gasteiger partial charge in [0, 0.05) is 13.0 Å². The van der Waals surface area contributed by atoms with E-state index in [1.54, 1.807) is 0 Å². The zero-order chi connectivity index (χ0) is 52.2. The molecule has 0 amide bonds. The van der Waals surface area contributed by atoms with E-state index in [0.29, 0.717) is 13.0 Å². The minimum absolute atomic E-state index is 0.0879. The third-order valence-electron chi connectivity index (χ3n) is 15.4. The van der Waals surface area contributed by atoms with Gasteiger partial charge in [0.05, 0.1) is 13.2 Å². The zero-order valence-electron chi connectivity index (χ0n) is 48.9. The molecule has 0 radical (unpaired) electrons. The fourth-order valence-electron chi connectivity index (χ4n) is 10.6. The summed E-state index contributed by atoms with van der Waals surface area (Å²) in [4.78, 5) is 31.0. The Morgan fingerprint density at radius 2 is 0.528 bits per heavy atom. The van der Waals surface area contributed by atoms with Crippen LogP contribution in [0, 0.1) is 0 Å². The topological polar surface area (TPSA) is 102 Å². The second-order valence-corrected chi connectivity index (χ2v) is 24.1. The van der Waals surface area contributed by atoms with Crippen LogP contribution in [-0.2, 0) is 23.4 Å². The molecule has 0 fully saturated rings. The van der Waals surface area contributed by atoms with Gasteiger partial charge in [-0.15, -0.1) is 0 Å². The summed E-state index contributed by atoms with van der Waals surface area (Å²) in [5.74, 6) is -0.349. The van der Waals surface area contributed by atoms with Crippen molar-refractivity contribution < 1.29 is 33.1 Å². The number of hydrogen-bond donors (Lipinski definition) is 2. The summed E-state index contributed by atoms with van der Waals surface area (Å²) in [7, 11) is -4.66. The molecule has 0 aromatic rings. The largest absolute Gasteiger partial charge is 0.469 e. The molecule has 432 valence electrons. The Bertz CT molecular complexity index is 1070. The lowest BCUT2D eigenvalue weighted by molar-refractivity contribution is -0.154. The number of hydrogen-bond acceptors (Lipinski definition) is 5. The molecule has 8 heteroatoms. The lowest BCUT2D eigenvalue weighted by Crippen LogP contribution is -2.28. The summed E-state index contributed by atoms with van der Waals surface area (Å²) in [6.07, 6.45) is 76.2. The van der Waals surface area contributed by atoms with E-state index in [1.165, 1.54) is 327 Å². The molecule has 0 aliphatic rings. The Balaban J connectivity index is 3.52. The zero-order valence-corrected chi connectivity index (χ0v) is 49.8. The van der Waals surface area contributed by atoms with Crippen molar-refractivity contribution in [1.29, 1.82) is 0 Å². The van der Waals surface area contributed by atoms with Crippen molar-refractivity contribution >= 4 is 13.8 Å². The fourth-order valence-corrected chi connectivity index (χ4v) is 10.9. The highest BCUT2D eigenvalue weighted by molar-refractivity contribution is 7.46. The van der Waals surface area contributed by atoms with Gasteiger partial charge < -0.3 is 19.3 Å². The number of unbranched alkanes of at least 4 members (excludes halogenated alkanes) is 54. The van der Waals surface area contributed by atoms with E-state index in [1.807, 2.05) is 0 Å². The maximum atomic E-state index is 12.6. The summed E-state index contributed by atoms with van der Waals surface area (Å²) < 4.78 is 27.3. The molecule has 0 saturated heterocycles. The first-order chi connectivity index (χ1) is 35.4. The van der Waals surface area contributed by atoms with E-state index < -0.39 is 13.9 Å². The molecule has 0 saturated carbocycles. The van der Waals surface area contributed by atoms with Gasteiger partial charge >= 0.3 is 13.8 Å². The molecule has 0 bridgehead atoms. The van der Waals surface area contributed by atoms with Crippen LogP contribution >= 0.6 is 7.82 Å². The van der Waals surface area contributed by atoms with Crippen molar-refractivity contribution in [1.82, 2.24) is 0 Å². The van der Waals surface area contributed by atoms with E-state index in [9.17, 15) is 19.1 Å². The number of rotatable bonds is 64. The molecule has 0 aliphatic carbocycles. The van der Waals surface area contributed by atoms with Crippen LogP contribution in [0.25, 0.3) is 0 Å². The first-order valence-corrected chi connectivity index (χ1v) is 34.4. The Morgan fingerprint density at radius 1 is 0.319 bits per heavy atom. The quantitative estimate of drug-likeness (QED) is 0.0355. The molecule has 0 unspecified atom stereocenters. The van der Waals surface area contributed by atoms with E-state index in [2.05, 4.69) is 18.4 Å². The van der Waals surface area contributed by atoms with Gasteiger partial charge in [-0.3, -0.25) is 9.32 Å². The van der Waals surface area contributed by atoms with Crippen LogP contribution in [0.15, 0.2) is 0 Å². The van der Waals surface area contributed by atoms with Gasteiger partial charge in [0.25, 0.3) is 0 Å². The van der Waals surface area contributed by atoms with Crippen LogP contribution in [0.5, 0.6) is 0 Å². The normalized spacial score (nSPS) is 12.3. The molecule has 0 rings (SSSR count). The lowest BCUT2D eigenvalue weighted by Gasteiger charge is -2.18. The van der Waals surface area contributed by atoms with Crippen LogP contribution in [0.2, 0.25) is 0 Å². The van der Waals surface area contributed by atoms with Gasteiger partial charge in [0.2, 0.25) is 0 Å². The second-order valence-electron chi connectivity index (χ2n) is 22.8. The average molecular weight is 1040 g/mol. The number of esters is 1. The minimum Gasteiger partial charge on any atom is -0.457 e. The van der Waals surface area contributed by atoms with E-state index >= 15 is 0 Å². The molecular formula is C64H129O7P. The maximum Gasteiger partial charge on any atom is 0.469 e. The van der Waals surface area contributed by atoms with Crippen molar-refractivity contribution in [3.05, 3.63) is 0 Å². The van der Waals surface area contributed by atoms with Crippen molar-refractivity contribution in [3.8, 4) is 0 Å². The summed E-state index contributed by atoms with van der Waals surface area (Å²) in [5.41, 5.74) is 0. The Kier molecular flexibility index (Phi) is 61.0. The van der Waals surface area contributed by atoms with Crippen LogP contribution in [0.4, 0.5) is 0 Å². The number of carbonyl (C=O) groups is 1. The van der Waals surface area contributed by atoms with Crippen molar-refractivity contribution in [2.45, 2.75) is 386 Å². The van der Waals surface area contributed by atoms with Gasteiger partial charge in [-0.2, -0.15) is 0 Å². The molecule has 2 N–H and O–H groups in total. The Hall–Kier alpha value is -0.460. The molecule has 0 spiro atoms. The van der Waals surface area contributed by atoms with Gasteiger partial charge in [0.15, 0.2) is 0 Å². The molecule has 7 nitrogen and oxygen atoms in total. The van der Waals surface area contributed by atoms with Crippen molar-refractivity contribution in [3.63, 3.8) is 0 Å². The van der Waals surface area contributed by atoms with Gasteiger partial charge in [-0.1, -0.05) is 361 Å². The van der Waals surface area contributed by atoms with E-state index in [-0.39, 0.29) is 19.2 Å². The lowest BCUT2D eigenvalue weighted by atomic mass is 10.0. The van der Waals surface area contributed by atoms with E-state index in [4.69, 9.17) is 9.47 Å². The third kappa shape index (κ3) is 63.8. The van der Waals surface area contributed by atoms with Gasteiger partial charge in [-0.25, -0.2) is 4.57 Å². The van der Waals surface area contributed by atoms with Crippen LogP contribution in [0.3, 0.4) is 0 Å². The highest BCUT2D eigenvalue weighted by atomic mass is 31.2. The monoisotopic (exact) mass is 1040 g/mol. The van der Waals surface area contributed by atoms with Crippen LogP contribution in [-0.4, -0.2) is 41.7 Å². The summed E-state index contributed by atoms with van der Waals surface area (Å²) in [6, 6.07) is 0. The molecular weight excluding hydrogens is 912 g/mol. The van der Waals surface area contributed by atoms with Crippen molar-refractivity contribution in [2.75, 3.05) is 19.8 Å². The first-order valence-electron chi connectivity index (χ1n) is 32.9. The summed E-state index contributed by atoms with van der Waals surface area (Å²) in [6.45, 7) is 4.86. The summed E-state index contributed by atoms with van der Waals surface area (Å²) >= 11 is 0. The van der Waals surface area contributed by atoms with Crippen LogP contribution in [0.1, 0.15) is 380 Å². The number of ether oxygens (including phenoxy) is 2. The number of carbonyl (C=O) groups excluding carboxylic acids is 1. The molecule has 72 heavy (non-hydrogen) atoms. The highest BCUT2D eigenvalue weighted by Gasteiger charge is 2.21. The number of phosphoric ester groups is 1. The predicted molar refractivity (Wildman–Crippen MR) is 313 cm³/mol. The SMILES string of the molecule is CCCCCCCCCCCCCCCCCCCCCCCCCCCCCCCCCCCCCCC(=O)O[C@H](COCCCCCCCCCCCCCCCCCCCCCC)COP(=O)(O)O. The first kappa shape index (κ1) is 71.5. The number of phosphoric acid groups is 1. The highest BCUT2D eigenvalue weighted by Crippen LogP contribution is 2.36.